The number of hydrogen-bond donors (Lipinski definition) is 3. The Kier molecular flexibility index (Phi) is 19.0. The predicted octanol–water partition coefficient (Wildman–Crippen LogP) is 7.43. The molecule has 438 valence electrons. The van der Waals surface area contributed by atoms with E-state index in [1.807, 2.05) is 115 Å². The van der Waals surface area contributed by atoms with Crippen molar-refractivity contribution in [2.45, 2.75) is 52.1 Å². The molecule has 86 heavy (non-hydrogen) atoms. The Bertz CT molecular complexity index is 3800. The van der Waals surface area contributed by atoms with Gasteiger partial charge in [-0.05, 0) is 53.1 Å². The minimum absolute atomic E-state index is 0.000645. The molecule has 0 aliphatic carbocycles. The number of likely N-dealkylation sites (N-methyl/N-ethyl adjacent to an activating group) is 3. The lowest BCUT2D eigenvalue weighted by molar-refractivity contribution is -0.120. The summed E-state index contributed by atoms with van der Waals surface area (Å²) in [6, 6.07) is 53.2. The molecule has 0 radical (unpaired) electrons. The summed E-state index contributed by atoms with van der Waals surface area (Å²) in [4.78, 5) is 82.8. The van der Waals surface area contributed by atoms with Gasteiger partial charge in [0.1, 0.15) is 35.4 Å². The lowest BCUT2D eigenvalue weighted by Gasteiger charge is -2.21. The van der Waals surface area contributed by atoms with Crippen molar-refractivity contribution in [1.82, 2.24) is 31.4 Å². The van der Waals surface area contributed by atoms with Crippen LogP contribution in [-0.4, -0.2) is 116 Å². The van der Waals surface area contributed by atoms with Crippen molar-refractivity contribution in [3.63, 3.8) is 0 Å². The molecular weight excluding hydrogens is 1150 g/mol. The van der Waals surface area contributed by atoms with E-state index in [0.29, 0.717) is 63.5 Å². The molecule has 20 nitrogen and oxygen atoms in total. The van der Waals surface area contributed by atoms with Gasteiger partial charge in [-0.3, -0.25) is 37.2 Å². The number of benzene rings is 6. The molecule has 0 spiro atoms. The molecule has 12 rings (SSSR count). The van der Waals surface area contributed by atoms with Crippen LogP contribution >= 0.6 is 11.8 Å². The molecule has 0 unspecified atom stereocenters. The smallest absolute Gasteiger partial charge is 0.274 e. The molecule has 0 saturated heterocycles. The monoisotopic (exact) mass is 1210 g/mol. The molecule has 3 aliphatic heterocycles. The SMILES string of the molecule is CN1C(=O)[C@@H](NC(=O)c2cc(Cc3ccccc3)on2)CSc2ccccc21.CN1C(=O)[C@@H](NC(=O)c2cc(Cc3ccccc3)on2)C[S@@](=O)c2ccccc21.CN1C(=O)[C@@H](NC(=O)c2cc(Cc3ccccc3)on2)C[S@](=O)c2ccccc21. The first-order valence-electron chi connectivity index (χ1n) is 27.1. The van der Waals surface area contributed by atoms with Crippen LogP contribution in [0.1, 0.15) is 65.4 Å². The van der Waals surface area contributed by atoms with E-state index in [4.69, 9.17) is 13.6 Å². The molecule has 0 fully saturated rings. The average Bonchev–Trinajstić information content (AvgIpc) is 4.41. The Labute approximate surface area is 503 Å². The summed E-state index contributed by atoms with van der Waals surface area (Å²) in [7, 11) is 2.10. The Balaban J connectivity index is 0.000000143. The van der Waals surface area contributed by atoms with Gasteiger partial charge in [0.15, 0.2) is 17.1 Å². The average molecular weight is 1210 g/mol. The Hall–Kier alpha value is -9.58. The Morgan fingerprint density at radius 1 is 0.453 bits per heavy atom. The molecule has 3 N–H and O–H groups in total. The molecule has 3 aromatic heterocycles. The number of aromatic nitrogens is 3. The highest BCUT2D eigenvalue weighted by molar-refractivity contribution is 7.99. The van der Waals surface area contributed by atoms with Crippen LogP contribution in [0, 0.1) is 0 Å². The van der Waals surface area contributed by atoms with Gasteiger partial charge in [0.25, 0.3) is 17.7 Å². The summed E-state index contributed by atoms with van der Waals surface area (Å²) in [6.07, 6.45) is 1.56. The third-order valence-electron chi connectivity index (χ3n) is 14.1. The fourth-order valence-electron chi connectivity index (χ4n) is 9.54. The number of hydrogen-bond acceptors (Lipinski definition) is 15. The van der Waals surface area contributed by atoms with E-state index in [1.54, 1.807) is 105 Å². The summed E-state index contributed by atoms with van der Waals surface area (Å²) in [6.45, 7) is 0. The Morgan fingerprint density at radius 2 is 0.767 bits per heavy atom. The van der Waals surface area contributed by atoms with Crippen molar-refractivity contribution in [2.24, 2.45) is 0 Å². The van der Waals surface area contributed by atoms with Crippen LogP contribution in [-0.2, 0) is 55.2 Å². The molecule has 3 aliphatic rings. The van der Waals surface area contributed by atoms with Gasteiger partial charge in [-0.15, -0.1) is 11.8 Å². The minimum atomic E-state index is -1.42. The number of nitrogens with zero attached hydrogens (tertiary/aromatic N) is 6. The van der Waals surface area contributed by atoms with Gasteiger partial charge < -0.3 is 44.2 Å². The zero-order valence-corrected chi connectivity index (χ0v) is 49.1. The number of carbonyl (C=O) groups excluding carboxylic acids is 6. The first kappa shape index (κ1) is 59.6. The third kappa shape index (κ3) is 14.3. The number of fused-ring (bicyclic) bond motifs is 3. The van der Waals surface area contributed by atoms with Crippen molar-refractivity contribution in [2.75, 3.05) is 53.1 Å². The lowest BCUT2D eigenvalue weighted by Crippen LogP contribution is -2.49. The second kappa shape index (κ2) is 27.4. The van der Waals surface area contributed by atoms with Gasteiger partial charge in [-0.2, -0.15) is 0 Å². The maximum Gasteiger partial charge on any atom is 0.274 e. The van der Waals surface area contributed by atoms with E-state index in [0.717, 1.165) is 27.3 Å². The molecule has 9 aromatic rings. The highest BCUT2D eigenvalue weighted by atomic mass is 32.2. The number of para-hydroxylation sites is 3. The standard InChI is InChI=1S/2C21H19N3O4S.C21H19N3O3S/c2*1-24-18-9-5-6-10-19(18)29(27)13-17(21(24)26)22-20(25)16-12-15(28-23-16)11-14-7-3-2-4-8-14;1-24-18-9-5-6-10-19(18)28-13-17(21(24)26)22-20(25)16-12-15(27-23-16)11-14-7-3-2-4-8-14/h2*2-10,12,17H,11,13H2,1H3,(H,22,25);2-10,12,17H,11,13H2,1H3,(H,22,25)/t17-,29+;17-,29-;17-/m000/s1. The molecule has 6 heterocycles. The van der Waals surface area contributed by atoms with Crippen molar-refractivity contribution >= 4 is 85.9 Å². The largest absolute Gasteiger partial charge is 0.360 e. The molecule has 6 amide bonds. The van der Waals surface area contributed by atoms with Crippen LogP contribution < -0.4 is 30.7 Å². The Morgan fingerprint density at radius 3 is 1.16 bits per heavy atom. The van der Waals surface area contributed by atoms with Gasteiger partial charge in [0, 0.05) is 69.3 Å². The molecule has 5 atom stereocenters. The number of carbonyl (C=O) groups is 6. The zero-order chi connectivity index (χ0) is 60.3. The molecule has 0 bridgehead atoms. The van der Waals surface area contributed by atoms with Crippen LogP contribution in [0.3, 0.4) is 0 Å². The van der Waals surface area contributed by atoms with Gasteiger partial charge in [-0.1, -0.05) is 143 Å². The van der Waals surface area contributed by atoms with Gasteiger partial charge in [0.05, 0.1) is 60.0 Å². The highest BCUT2D eigenvalue weighted by Gasteiger charge is 2.36. The summed E-state index contributed by atoms with van der Waals surface area (Å²) >= 11 is 1.55. The van der Waals surface area contributed by atoms with Crippen LogP contribution in [0.4, 0.5) is 17.1 Å². The first-order chi connectivity index (χ1) is 41.7. The van der Waals surface area contributed by atoms with Gasteiger partial charge in [-0.25, -0.2) is 0 Å². The van der Waals surface area contributed by atoms with Crippen molar-refractivity contribution in [3.05, 3.63) is 233 Å². The number of rotatable bonds is 12. The molecule has 23 heteroatoms. The van der Waals surface area contributed by atoms with Crippen molar-refractivity contribution in [3.8, 4) is 0 Å². The predicted molar refractivity (Wildman–Crippen MR) is 324 cm³/mol. The number of anilines is 3. The van der Waals surface area contributed by atoms with Crippen LogP contribution in [0.5, 0.6) is 0 Å². The van der Waals surface area contributed by atoms with E-state index in [9.17, 15) is 37.2 Å². The fraction of sp³-hybridized carbons (Fsp3) is 0.190. The van der Waals surface area contributed by atoms with E-state index in [2.05, 4.69) is 31.4 Å². The lowest BCUT2D eigenvalue weighted by atomic mass is 10.1. The minimum Gasteiger partial charge on any atom is -0.360 e. The number of amides is 6. The highest BCUT2D eigenvalue weighted by Crippen LogP contribution is 2.34. The second-order valence-corrected chi connectivity index (χ2v) is 24.0. The molecule has 6 aromatic carbocycles. The van der Waals surface area contributed by atoms with E-state index >= 15 is 0 Å². The van der Waals surface area contributed by atoms with Crippen LogP contribution in [0.2, 0.25) is 0 Å². The summed E-state index contributed by atoms with van der Waals surface area (Å²) in [5, 5.41) is 19.6. The van der Waals surface area contributed by atoms with Crippen molar-refractivity contribution < 1.29 is 50.8 Å². The van der Waals surface area contributed by atoms with Gasteiger partial charge in [0.2, 0.25) is 17.7 Å². The van der Waals surface area contributed by atoms with Crippen LogP contribution in [0.15, 0.2) is 210 Å². The normalized spacial score (nSPS) is 18.0. The van der Waals surface area contributed by atoms with Crippen LogP contribution in [0.25, 0.3) is 0 Å². The zero-order valence-electron chi connectivity index (χ0n) is 46.7. The van der Waals surface area contributed by atoms with Gasteiger partial charge >= 0.3 is 0 Å². The van der Waals surface area contributed by atoms with E-state index in [-0.39, 0.29) is 46.3 Å². The summed E-state index contributed by atoms with van der Waals surface area (Å²) in [5.74, 6) is -0.159. The van der Waals surface area contributed by atoms with E-state index in [1.165, 1.54) is 9.80 Å². The number of nitrogens with one attached hydrogen (secondary N) is 3. The fourth-order valence-corrected chi connectivity index (χ4v) is 13.4. The molecule has 0 saturated carbocycles. The quantitative estimate of drug-likeness (QED) is 0.107. The second-order valence-electron chi connectivity index (χ2n) is 20.0. The van der Waals surface area contributed by atoms with E-state index < -0.39 is 57.4 Å². The summed E-state index contributed by atoms with van der Waals surface area (Å²) in [5.41, 5.74) is 5.49. The maximum atomic E-state index is 12.8. The third-order valence-corrected chi connectivity index (χ3v) is 18.2. The topological polar surface area (TPSA) is 260 Å². The first-order valence-corrected chi connectivity index (χ1v) is 30.7. The number of thioether (sulfide) groups is 1. The molecular formula is C63H57N9O11S3. The van der Waals surface area contributed by atoms with Crippen molar-refractivity contribution in [1.29, 1.82) is 0 Å². The summed E-state index contributed by atoms with van der Waals surface area (Å²) < 4.78 is 41.2. The maximum absolute atomic E-state index is 12.8.